The summed E-state index contributed by atoms with van der Waals surface area (Å²) in [7, 11) is 0. The van der Waals surface area contributed by atoms with Crippen molar-refractivity contribution in [2.45, 2.75) is 32.7 Å². The van der Waals surface area contributed by atoms with Gasteiger partial charge in [0.25, 0.3) is 0 Å². The number of aliphatic hydroxyl groups excluding tert-OH is 1. The van der Waals surface area contributed by atoms with Crippen LogP contribution in [0.3, 0.4) is 0 Å². The lowest BCUT2D eigenvalue weighted by Gasteiger charge is -2.39. The molecule has 22 heavy (non-hydrogen) atoms. The molecule has 1 heterocycles. The van der Waals surface area contributed by atoms with E-state index >= 15 is 0 Å². The van der Waals surface area contributed by atoms with Gasteiger partial charge in [-0.1, -0.05) is 44.2 Å². The number of hydrogen-bond donors (Lipinski definition) is 1. The number of carbonyl (C=O) groups excluding carboxylic acids is 1. The number of nitrogens with zero attached hydrogens (tertiary/aromatic N) is 2. The van der Waals surface area contributed by atoms with E-state index in [1.807, 2.05) is 30.0 Å². The van der Waals surface area contributed by atoms with Gasteiger partial charge in [-0.15, -0.1) is 0 Å². The highest BCUT2D eigenvalue weighted by atomic mass is 16.3. The first-order chi connectivity index (χ1) is 10.7. The van der Waals surface area contributed by atoms with Crippen LogP contribution in [0.5, 0.6) is 0 Å². The summed E-state index contributed by atoms with van der Waals surface area (Å²) in [6, 6.07) is 10.4. The van der Waals surface area contributed by atoms with Crippen molar-refractivity contribution in [3.8, 4) is 0 Å². The number of hydrogen-bond acceptors (Lipinski definition) is 3. The van der Waals surface area contributed by atoms with Crippen LogP contribution < -0.4 is 0 Å². The highest BCUT2D eigenvalue weighted by molar-refractivity contribution is 5.79. The molecule has 0 saturated carbocycles. The number of amides is 1. The number of aliphatic hydroxyl groups is 1. The lowest BCUT2D eigenvalue weighted by atomic mass is 9.99. The minimum Gasteiger partial charge on any atom is -0.395 e. The molecule has 2 unspecified atom stereocenters. The van der Waals surface area contributed by atoms with Crippen LogP contribution in [0.15, 0.2) is 30.3 Å². The Labute approximate surface area is 133 Å². The van der Waals surface area contributed by atoms with Gasteiger partial charge in [0.15, 0.2) is 0 Å². The first kappa shape index (κ1) is 17.0. The summed E-state index contributed by atoms with van der Waals surface area (Å²) in [6.07, 6.45) is 1.75. The van der Waals surface area contributed by atoms with Crippen molar-refractivity contribution in [3.63, 3.8) is 0 Å². The van der Waals surface area contributed by atoms with Gasteiger partial charge in [0.2, 0.25) is 5.91 Å². The molecule has 1 N–H and O–H groups in total. The van der Waals surface area contributed by atoms with Crippen molar-refractivity contribution in [1.29, 1.82) is 0 Å². The summed E-state index contributed by atoms with van der Waals surface area (Å²) in [6.45, 7) is 7.59. The fourth-order valence-corrected chi connectivity index (χ4v) is 3.18. The molecule has 0 radical (unpaired) electrons. The van der Waals surface area contributed by atoms with Gasteiger partial charge >= 0.3 is 0 Å². The Hall–Kier alpha value is -1.39. The summed E-state index contributed by atoms with van der Waals surface area (Å²) in [5.41, 5.74) is 1.22. The zero-order valence-electron chi connectivity index (χ0n) is 13.7. The van der Waals surface area contributed by atoms with Crippen LogP contribution in [-0.4, -0.2) is 59.6 Å². The maximum atomic E-state index is 12.6. The normalized spacial score (nSPS) is 19.0. The summed E-state index contributed by atoms with van der Waals surface area (Å²) in [4.78, 5) is 16.9. The van der Waals surface area contributed by atoms with Crippen LogP contribution in [0.4, 0.5) is 0 Å². The quantitative estimate of drug-likeness (QED) is 0.871. The Morgan fingerprint density at radius 1 is 1.18 bits per heavy atom. The topological polar surface area (TPSA) is 43.8 Å². The van der Waals surface area contributed by atoms with E-state index in [-0.39, 0.29) is 24.5 Å². The fraction of sp³-hybridized carbons (Fsp3) is 0.611. The molecule has 1 aliphatic heterocycles. The van der Waals surface area contributed by atoms with Crippen LogP contribution in [0.25, 0.3) is 0 Å². The van der Waals surface area contributed by atoms with Crippen LogP contribution in [0.1, 0.15) is 25.8 Å². The van der Waals surface area contributed by atoms with Gasteiger partial charge in [0.05, 0.1) is 6.61 Å². The third-order valence-corrected chi connectivity index (χ3v) is 4.63. The molecule has 2 rings (SSSR count). The molecule has 0 spiro atoms. The van der Waals surface area contributed by atoms with Gasteiger partial charge in [-0.3, -0.25) is 9.69 Å². The molecular weight excluding hydrogens is 276 g/mol. The Kier molecular flexibility index (Phi) is 6.40. The zero-order chi connectivity index (χ0) is 15.9. The van der Waals surface area contributed by atoms with E-state index in [1.165, 1.54) is 5.56 Å². The predicted molar refractivity (Wildman–Crippen MR) is 88.6 cm³/mol. The largest absolute Gasteiger partial charge is 0.395 e. The van der Waals surface area contributed by atoms with Gasteiger partial charge in [-0.05, 0) is 18.4 Å². The summed E-state index contributed by atoms with van der Waals surface area (Å²) in [5.74, 6) is 0.273. The highest BCUT2D eigenvalue weighted by Gasteiger charge is 2.27. The van der Waals surface area contributed by atoms with E-state index < -0.39 is 0 Å². The average molecular weight is 304 g/mol. The molecule has 1 aromatic rings. The maximum absolute atomic E-state index is 12.6. The van der Waals surface area contributed by atoms with E-state index in [4.69, 9.17) is 0 Å². The molecule has 4 nitrogen and oxygen atoms in total. The minimum atomic E-state index is 0.0220. The van der Waals surface area contributed by atoms with E-state index in [0.717, 1.165) is 39.0 Å². The standard InChI is InChI=1S/C18H28N2O2/c1-3-17(14-21)19-9-11-20(12-10-19)18(22)15(2)13-16-7-5-4-6-8-16/h4-8,15,17,21H,3,9-14H2,1-2H3. The number of benzene rings is 1. The van der Waals surface area contributed by atoms with Gasteiger partial charge in [-0.25, -0.2) is 0 Å². The van der Waals surface area contributed by atoms with Crippen LogP contribution >= 0.6 is 0 Å². The average Bonchev–Trinajstić information content (AvgIpc) is 2.57. The monoisotopic (exact) mass is 304 g/mol. The second kappa shape index (κ2) is 8.30. The number of rotatable bonds is 6. The van der Waals surface area contributed by atoms with Crippen molar-refractivity contribution < 1.29 is 9.90 Å². The second-order valence-corrected chi connectivity index (χ2v) is 6.20. The van der Waals surface area contributed by atoms with Gasteiger partial charge in [-0.2, -0.15) is 0 Å². The Bertz CT molecular complexity index is 451. The first-order valence-electron chi connectivity index (χ1n) is 8.33. The highest BCUT2D eigenvalue weighted by Crippen LogP contribution is 2.15. The predicted octanol–water partition coefficient (Wildman–Crippen LogP) is 1.78. The Morgan fingerprint density at radius 3 is 2.36 bits per heavy atom. The fourth-order valence-electron chi connectivity index (χ4n) is 3.18. The lowest BCUT2D eigenvalue weighted by Crippen LogP contribution is -2.53. The van der Waals surface area contributed by atoms with Crippen molar-refractivity contribution in [1.82, 2.24) is 9.80 Å². The van der Waals surface area contributed by atoms with Crippen molar-refractivity contribution in [2.24, 2.45) is 5.92 Å². The molecule has 1 aromatic carbocycles. The van der Waals surface area contributed by atoms with E-state index in [9.17, 15) is 9.90 Å². The summed E-state index contributed by atoms with van der Waals surface area (Å²) >= 11 is 0. The van der Waals surface area contributed by atoms with Crippen LogP contribution in [0, 0.1) is 5.92 Å². The summed E-state index contributed by atoms with van der Waals surface area (Å²) < 4.78 is 0. The van der Waals surface area contributed by atoms with E-state index in [0.29, 0.717) is 0 Å². The molecular formula is C18H28N2O2. The third-order valence-electron chi connectivity index (χ3n) is 4.63. The second-order valence-electron chi connectivity index (χ2n) is 6.20. The Balaban J connectivity index is 1.84. The molecule has 122 valence electrons. The van der Waals surface area contributed by atoms with Crippen molar-refractivity contribution >= 4 is 5.91 Å². The third kappa shape index (κ3) is 4.31. The van der Waals surface area contributed by atoms with Crippen LogP contribution in [-0.2, 0) is 11.2 Å². The first-order valence-corrected chi connectivity index (χ1v) is 8.33. The van der Waals surface area contributed by atoms with Crippen LogP contribution in [0.2, 0.25) is 0 Å². The number of piperazine rings is 1. The molecule has 0 bridgehead atoms. The molecule has 1 amide bonds. The molecule has 1 saturated heterocycles. The zero-order valence-corrected chi connectivity index (χ0v) is 13.7. The Morgan fingerprint density at radius 2 is 1.82 bits per heavy atom. The van der Waals surface area contributed by atoms with Gasteiger partial charge in [0.1, 0.15) is 0 Å². The molecule has 1 fully saturated rings. The van der Waals surface area contributed by atoms with E-state index in [2.05, 4.69) is 24.0 Å². The van der Waals surface area contributed by atoms with Gasteiger partial charge in [0, 0.05) is 38.1 Å². The molecule has 0 aliphatic carbocycles. The molecule has 2 atom stereocenters. The molecule has 0 aromatic heterocycles. The van der Waals surface area contributed by atoms with Crippen molar-refractivity contribution in [3.05, 3.63) is 35.9 Å². The smallest absolute Gasteiger partial charge is 0.225 e. The minimum absolute atomic E-state index is 0.0220. The molecule has 4 heteroatoms. The SMILES string of the molecule is CCC(CO)N1CCN(C(=O)C(C)Cc2ccccc2)CC1. The number of carbonyl (C=O) groups is 1. The molecule has 1 aliphatic rings. The summed E-state index contributed by atoms with van der Waals surface area (Å²) in [5, 5.41) is 9.38. The lowest BCUT2D eigenvalue weighted by molar-refractivity contribution is -0.137. The van der Waals surface area contributed by atoms with E-state index in [1.54, 1.807) is 0 Å². The van der Waals surface area contributed by atoms with Gasteiger partial charge < -0.3 is 10.0 Å². The maximum Gasteiger partial charge on any atom is 0.225 e. The van der Waals surface area contributed by atoms with Crippen molar-refractivity contribution in [2.75, 3.05) is 32.8 Å².